The first-order valence-electron chi connectivity index (χ1n) is 6.27. The van der Waals surface area contributed by atoms with Crippen LogP contribution in [-0.4, -0.2) is 23.5 Å². The number of halogens is 1. The van der Waals surface area contributed by atoms with Gasteiger partial charge in [-0.2, -0.15) is 5.10 Å². The van der Waals surface area contributed by atoms with E-state index in [2.05, 4.69) is 10.4 Å². The van der Waals surface area contributed by atoms with Crippen molar-refractivity contribution in [1.29, 1.82) is 0 Å². The zero-order chi connectivity index (χ0) is 13.5. The van der Waals surface area contributed by atoms with Gasteiger partial charge in [-0.05, 0) is 12.6 Å². The van der Waals surface area contributed by atoms with E-state index in [4.69, 9.17) is 4.74 Å². The highest BCUT2D eigenvalue weighted by Crippen LogP contribution is 2.15. The number of nitrogens with one attached hydrogen (secondary N) is 1. The van der Waals surface area contributed by atoms with Gasteiger partial charge in [-0.15, -0.1) is 0 Å². The molecular weight excluding hydrogens is 245 g/mol. The summed E-state index contributed by atoms with van der Waals surface area (Å²) in [6.45, 7) is 0.856. The molecule has 2 aromatic rings. The molecule has 1 aromatic carbocycles. The number of rotatable bonds is 7. The van der Waals surface area contributed by atoms with Gasteiger partial charge in [0, 0.05) is 12.6 Å². The summed E-state index contributed by atoms with van der Waals surface area (Å²) in [4.78, 5) is 0. The van der Waals surface area contributed by atoms with Crippen molar-refractivity contribution in [1.82, 2.24) is 15.1 Å². The number of benzene rings is 1. The van der Waals surface area contributed by atoms with Gasteiger partial charge < -0.3 is 10.1 Å². The molecule has 0 amide bonds. The van der Waals surface area contributed by atoms with Crippen molar-refractivity contribution < 1.29 is 9.13 Å². The molecule has 0 aliphatic carbocycles. The van der Waals surface area contributed by atoms with Crippen molar-refractivity contribution in [2.24, 2.45) is 0 Å². The van der Waals surface area contributed by atoms with E-state index < -0.39 is 6.67 Å². The molecule has 1 heterocycles. The number of alkyl halides is 1. The highest BCUT2D eigenvalue weighted by atomic mass is 19.1. The Morgan fingerprint density at radius 3 is 2.79 bits per heavy atom. The highest BCUT2D eigenvalue weighted by Gasteiger charge is 2.08. The molecule has 0 fully saturated rings. The predicted octanol–water partition coefficient (Wildman–Crippen LogP) is 2.15. The SMILES string of the molecule is CNCc1cc(OCc2ccccc2)n(CCF)n1. The van der Waals surface area contributed by atoms with E-state index in [1.807, 2.05) is 43.4 Å². The average Bonchev–Trinajstić information content (AvgIpc) is 2.81. The lowest BCUT2D eigenvalue weighted by molar-refractivity contribution is 0.266. The summed E-state index contributed by atoms with van der Waals surface area (Å²) < 4.78 is 19.8. The second kappa shape index (κ2) is 6.89. The molecule has 0 saturated heterocycles. The van der Waals surface area contributed by atoms with E-state index in [9.17, 15) is 4.39 Å². The van der Waals surface area contributed by atoms with Crippen LogP contribution >= 0.6 is 0 Å². The maximum Gasteiger partial charge on any atom is 0.212 e. The molecule has 19 heavy (non-hydrogen) atoms. The van der Waals surface area contributed by atoms with Gasteiger partial charge >= 0.3 is 0 Å². The minimum absolute atomic E-state index is 0.216. The smallest absolute Gasteiger partial charge is 0.212 e. The van der Waals surface area contributed by atoms with Gasteiger partial charge in [0.25, 0.3) is 0 Å². The molecular formula is C14H18FN3O. The molecule has 0 bridgehead atoms. The number of aromatic nitrogens is 2. The molecule has 2 rings (SSSR count). The number of hydrogen-bond acceptors (Lipinski definition) is 3. The van der Waals surface area contributed by atoms with Crippen LogP contribution in [-0.2, 0) is 19.7 Å². The topological polar surface area (TPSA) is 39.1 Å². The lowest BCUT2D eigenvalue weighted by Crippen LogP contribution is -2.08. The molecule has 0 spiro atoms. The van der Waals surface area contributed by atoms with Crippen LogP contribution in [0, 0.1) is 0 Å². The molecule has 1 aromatic heterocycles. The van der Waals surface area contributed by atoms with Gasteiger partial charge in [-0.3, -0.25) is 0 Å². The van der Waals surface area contributed by atoms with Gasteiger partial charge in [0.05, 0.1) is 12.2 Å². The number of aryl methyl sites for hydroxylation is 1. The molecule has 5 heteroatoms. The Balaban J connectivity index is 2.05. The summed E-state index contributed by atoms with van der Waals surface area (Å²) in [7, 11) is 1.85. The Labute approximate surface area is 112 Å². The molecule has 0 radical (unpaired) electrons. The quantitative estimate of drug-likeness (QED) is 0.832. The van der Waals surface area contributed by atoms with Crippen LogP contribution < -0.4 is 10.1 Å². The highest BCUT2D eigenvalue weighted by molar-refractivity contribution is 5.18. The fourth-order valence-corrected chi connectivity index (χ4v) is 1.81. The molecule has 4 nitrogen and oxygen atoms in total. The van der Waals surface area contributed by atoms with Crippen LogP contribution in [0.5, 0.6) is 5.88 Å². The normalized spacial score (nSPS) is 10.6. The average molecular weight is 263 g/mol. The van der Waals surface area contributed by atoms with Gasteiger partial charge in [0.1, 0.15) is 13.3 Å². The summed E-state index contributed by atoms with van der Waals surface area (Å²) in [5.74, 6) is 0.603. The van der Waals surface area contributed by atoms with E-state index in [1.165, 1.54) is 0 Å². The first kappa shape index (κ1) is 13.5. The third-order valence-corrected chi connectivity index (χ3v) is 2.68. The minimum atomic E-state index is -0.456. The van der Waals surface area contributed by atoms with E-state index in [1.54, 1.807) is 4.68 Å². The summed E-state index contributed by atoms with van der Waals surface area (Å²) in [5, 5.41) is 7.31. The largest absolute Gasteiger partial charge is 0.473 e. The number of ether oxygens (including phenoxy) is 1. The number of nitrogens with zero attached hydrogens (tertiary/aromatic N) is 2. The molecule has 0 atom stereocenters. The minimum Gasteiger partial charge on any atom is -0.473 e. The van der Waals surface area contributed by atoms with Gasteiger partial charge in [-0.25, -0.2) is 9.07 Å². The van der Waals surface area contributed by atoms with Gasteiger partial charge in [-0.1, -0.05) is 30.3 Å². The Bertz CT molecular complexity index is 499. The van der Waals surface area contributed by atoms with Gasteiger partial charge in [0.15, 0.2) is 0 Å². The Morgan fingerprint density at radius 2 is 2.11 bits per heavy atom. The standard InChI is InChI=1S/C14H18FN3O/c1-16-10-13-9-14(18(17-13)8-7-15)19-11-12-5-3-2-4-6-12/h2-6,9,16H,7-8,10-11H2,1H3. The van der Waals surface area contributed by atoms with E-state index in [-0.39, 0.29) is 6.54 Å². The maximum atomic E-state index is 12.5. The van der Waals surface area contributed by atoms with E-state index >= 15 is 0 Å². The summed E-state index contributed by atoms with van der Waals surface area (Å²) in [6.07, 6.45) is 0. The molecule has 0 aliphatic rings. The lowest BCUT2D eigenvalue weighted by Gasteiger charge is -2.07. The van der Waals surface area contributed by atoms with Crippen LogP contribution in [0.2, 0.25) is 0 Å². The predicted molar refractivity (Wildman–Crippen MR) is 71.7 cm³/mol. The lowest BCUT2D eigenvalue weighted by atomic mass is 10.2. The maximum absolute atomic E-state index is 12.5. The van der Waals surface area contributed by atoms with Crippen molar-refractivity contribution in [2.45, 2.75) is 19.7 Å². The summed E-state index contributed by atoms with van der Waals surface area (Å²) in [6, 6.07) is 11.7. The van der Waals surface area contributed by atoms with Crippen molar-refractivity contribution in [2.75, 3.05) is 13.7 Å². The first-order valence-corrected chi connectivity index (χ1v) is 6.27. The Hall–Kier alpha value is -1.88. The molecule has 1 N–H and O–H groups in total. The monoisotopic (exact) mass is 263 g/mol. The zero-order valence-corrected chi connectivity index (χ0v) is 11.0. The second-order valence-corrected chi connectivity index (χ2v) is 4.19. The summed E-state index contributed by atoms with van der Waals surface area (Å²) in [5.41, 5.74) is 1.92. The van der Waals surface area contributed by atoms with Gasteiger partial charge in [0.2, 0.25) is 5.88 Å². The second-order valence-electron chi connectivity index (χ2n) is 4.19. The molecule has 102 valence electrons. The van der Waals surface area contributed by atoms with Crippen molar-refractivity contribution in [3.05, 3.63) is 47.7 Å². The van der Waals surface area contributed by atoms with Crippen LogP contribution in [0.1, 0.15) is 11.3 Å². The van der Waals surface area contributed by atoms with Crippen molar-refractivity contribution >= 4 is 0 Å². The Kier molecular flexibility index (Phi) is 4.92. The third-order valence-electron chi connectivity index (χ3n) is 2.68. The van der Waals surface area contributed by atoms with Crippen LogP contribution in [0.25, 0.3) is 0 Å². The number of hydrogen-bond donors (Lipinski definition) is 1. The fourth-order valence-electron chi connectivity index (χ4n) is 1.81. The zero-order valence-electron chi connectivity index (χ0n) is 11.0. The van der Waals surface area contributed by atoms with Crippen LogP contribution in [0.4, 0.5) is 4.39 Å². The Morgan fingerprint density at radius 1 is 1.32 bits per heavy atom. The van der Waals surface area contributed by atoms with Crippen molar-refractivity contribution in [3.8, 4) is 5.88 Å². The van der Waals surface area contributed by atoms with Crippen LogP contribution in [0.3, 0.4) is 0 Å². The van der Waals surface area contributed by atoms with E-state index in [0.717, 1.165) is 11.3 Å². The van der Waals surface area contributed by atoms with Crippen LogP contribution in [0.15, 0.2) is 36.4 Å². The fraction of sp³-hybridized carbons (Fsp3) is 0.357. The first-order chi connectivity index (χ1) is 9.33. The molecule has 0 unspecified atom stereocenters. The van der Waals surface area contributed by atoms with E-state index in [0.29, 0.717) is 19.0 Å². The molecule has 0 aliphatic heterocycles. The van der Waals surface area contributed by atoms with Crippen molar-refractivity contribution in [3.63, 3.8) is 0 Å². The third kappa shape index (κ3) is 3.79. The summed E-state index contributed by atoms with van der Waals surface area (Å²) >= 11 is 0. The molecule has 0 saturated carbocycles.